The Morgan fingerprint density at radius 1 is 1.38 bits per heavy atom. The monoisotopic (exact) mass is 331 g/mol. The fourth-order valence-corrected chi connectivity index (χ4v) is 3.03. The lowest BCUT2D eigenvalue weighted by molar-refractivity contribution is 0.0942. The van der Waals surface area contributed by atoms with Crippen LogP contribution < -0.4 is 15.6 Å². The molecule has 1 aliphatic rings. The van der Waals surface area contributed by atoms with Gasteiger partial charge in [0, 0.05) is 36.8 Å². The number of nitrogens with one attached hydrogen (secondary N) is 1. The van der Waals surface area contributed by atoms with Gasteiger partial charge in [-0.2, -0.15) is 0 Å². The molecule has 3 rings (SSSR count). The molecule has 24 heavy (non-hydrogen) atoms. The van der Waals surface area contributed by atoms with Crippen LogP contribution in [0.1, 0.15) is 40.3 Å². The van der Waals surface area contributed by atoms with Crippen molar-refractivity contribution in [2.24, 2.45) is 0 Å². The number of fused-ring (bicyclic) bond motifs is 1. The van der Waals surface area contributed by atoms with E-state index >= 15 is 0 Å². The van der Waals surface area contributed by atoms with E-state index in [0.29, 0.717) is 24.5 Å². The molecule has 2 heterocycles. The summed E-state index contributed by atoms with van der Waals surface area (Å²) in [6.45, 7) is 2.56. The smallest absolute Gasteiger partial charge is 0.273 e. The third-order valence-electron chi connectivity index (χ3n) is 4.33. The normalized spacial score (nSPS) is 13.4. The van der Waals surface area contributed by atoms with Gasteiger partial charge in [0.1, 0.15) is 11.5 Å². The molecule has 0 unspecified atom stereocenters. The second-order valence-corrected chi connectivity index (χ2v) is 5.92. The molecular formula is C17H21N3O4. The summed E-state index contributed by atoms with van der Waals surface area (Å²) in [5.41, 5.74) is 1.94. The predicted octanol–water partition coefficient (Wildman–Crippen LogP) is 1.46. The maximum atomic E-state index is 12.3. The summed E-state index contributed by atoms with van der Waals surface area (Å²) in [5, 5.41) is 6.72. The van der Waals surface area contributed by atoms with Crippen LogP contribution in [-0.4, -0.2) is 29.3 Å². The van der Waals surface area contributed by atoms with Crippen LogP contribution in [0.3, 0.4) is 0 Å². The molecule has 0 bridgehead atoms. The van der Waals surface area contributed by atoms with E-state index < -0.39 is 0 Å². The van der Waals surface area contributed by atoms with E-state index in [-0.39, 0.29) is 11.5 Å². The Morgan fingerprint density at radius 2 is 2.17 bits per heavy atom. The number of aryl methyl sites for hydroxylation is 2. The number of carbonyl (C=O) groups excluding carboxylic acids is 1. The molecule has 0 radical (unpaired) electrons. The number of pyridine rings is 1. The zero-order valence-electron chi connectivity index (χ0n) is 13.9. The van der Waals surface area contributed by atoms with Crippen LogP contribution in [0.5, 0.6) is 5.75 Å². The van der Waals surface area contributed by atoms with Gasteiger partial charge in [0.25, 0.3) is 11.5 Å². The first-order chi connectivity index (χ1) is 11.6. The zero-order valence-corrected chi connectivity index (χ0v) is 13.9. The van der Waals surface area contributed by atoms with E-state index in [1.54, 1.807) is 10.6 Å². The number of ether oxygens (including phenoxy) is 1. The van der Waals surface area contributed by atoms with Gasteiger partial charge in [-0.25, -0.2) is 0 Å². The lowest BCUT2D eigenvalue weighted by Crippen LogP contribution is -2.32. The number of methoxy groups -OCH3 is 1. The van der Waals surface area contributed by atoms with E-state index in [4.69, 9.17) is 9.26 Å². The van der Waals surface area contributed by atoms with E-state index in [0.717, 1.165) is 42.7 Å². The molecule has 1 N–H and O–H groups in total. The van der Waals surface area contributed by atoms with E-state index in [9.17, 15) is 9.59 Å². The third kappa shape index (κ3) is 3.20. The summed E-state index contributed by atoms with van der Waals surface area (Å²) in [4.78, 5) is 24.4. The first-order valence-electron chi connectivity index (χ1n) is 8.11. The number of carbonyl (C=O) groups is 1. The van der Waals surface area contributed by atoms with Crippen molar-refractivity contribution in [1.82, 2.24) is 15.0 Å². The number of aromatic nitrogens is 2. The van der Waals surface area contributed by atoms with Crippen molar-refractivity contribution < 1.29 is 14.1 Å². The average molecular weight is 331 g/mol. The molecule has 1 amide bonds. The Morgan fingerprint density at radius 3 is 2.92 bits per heavy atom. The van der Waals surface area contributed by atoms with Gasteiger partial charge in [0.2, 0.25) is 0 Å². The molecule has 7 nitrogen and oxygen atoms in total. The first kappa shape index (κ1) is 16.3. The molecular weight excluding hydrogens is 310 g/mol. The van der Waals surface area contributed by atoms with E-state index in [1.165, 1.54) is 13.2 Å². The van der Waals surface area contributed by atoms with E-state index in [2.05, 4.69) is 10.5 Å². The zero-order chi connectivity index (χ0) is 17.1. The standard InChI is InChI=1S/C17H21N3O4/c1-11-9-12(23-2)10-15(21)20(11)8-7-18-17(22)16-13-5-3-4-6-14(13)24-19-16/h9-10H,3-8H2,1-2H3,(H,18,22). The van der Waals surface area contributed by atoms with Crippen LogP contribution in [0.25, 0.3) is 0 Å². The molecule has 2 aromatic heterocycles. The van der Waals surface area contributed by atoms with Crippen LogP contribution in [0, 0.1) is 6.92 Å². The lowest BCUT2D eigenvalue weighted by Gasteiger charge is -2.12. The fraction of sp³-hybridized carbons (Fsp3) is 0.471. The van der Waals surface area contributed by atoms with Gasteiger partial charge in [-0.15, -0.1) is 0 Å². The minimum Gasteiger partial charge on any atom is -0.496 e. The highest BCUT2D eigenvalue weighted by Gasteiger charge is 2.23. The summed E-state index contributed by atoms with van der Waals surface area (Å²) in [6, 6.07) is 3.22. The van der Waals surface area contributed by atoms with Crippen molar-refractivity contribution in [2.45, 2.75) is 39.2 Å². The largest absolute Gasteiger partial charge is 0.496 e. The molecule has 0 atom stereocenters. The molecule has 1 aliphatic carbocycles. The molecule has 0 fully saturated rings. The first-order valence-corrected chi connectivity index (χ1v) is 8.11. The fourth-order valence-electron chi connectivity index (χ4n) is 3.03. The summed E-state index contributed by atoms with van der Waals surface area (Å²) in [7, 11) is 1.53. The SMILES string of the molecule is COc1cc(C)n(CCNC(=O)c2noc3c2CCCC3)c(=O)c1. The highest BCUT2D eigenvalue weighted by molar-refractivity contribution is 5.93. The van der Waals surface area contributed by atoms with Crippen LogP contribution in [0.15, 0.2) is 21.5 Å². The topological polar surface area (TPSA) is 86.4 Å². The molecule has 0 aromatic carbocycles. The summed E-state index contributed by atoms with van der Waals surface area (Å²) in [6.07, 6.45) is 3.80. The van der Waals surface area contributed by atoms with Crippen molar-refractivity contribution >= 4 is 5.91 Å². The Hall–Kier alpha value is -2.57. The summed E-state index contributed by atoms with van der Waals surface area (Å²) in [5.74, 6) is 1.11. The molecule has 7 heteroatoms. The van der Waals surface area contributed by atoms with Gasteiger partial charge in [0.15, 0.2) is 5.69 Å². The van der Waals surface area contributed by atoms with Crippen LogP contribution in [0.4, 0.5) is 0 Å². The summed E-state index contributed by atoms with van der Waals surface area (Å²) >= 11 is 0. The van der Waals surface area contributed by atoms with Crippen molar-refractivity contribution in [1.29, 1.82) is 0 Å². The number of amides is 1. The Bertz CT molecular complexity index is 807. The average Bonchev–Trinajstić information content (AvgIpc) is 3.01. The third-order valence-corrected chi connectivity index (χ3v) is 4.33. The Labute approximate surface area is 139 Å². The van der Waals surface area contributed by atoms with Crippen molar-refractivity contribution in [2.75, 3.05) is 13.7 Å². The van der Waals surface area contributed by atoms with Crippen LogP contribution in [-0.2, 0) is 19.4 Å². The molecule has 0 aliphatic heterocycles. The van der Waals surface area contributed by atoms with Gasteiger partial charge >= 0.3 is 0 Å². The maximum Gasteiger partial charge on any atom is 0.273 e. The van der Waals surface area contributed by atoms with Crippen LogP contribution >= 0.6 is 0 Å². The molecule has 0 saturated heterocycles. The quantitative estimate of drug-likeness (QED) is 0.896. The second-order valence-electron chi connectivity index (χ2n) is 5.92. The van der Waals surface area contributed by atoms with Gasteiger partial charge in [-0.05, 0) is 32.3 Å². The van der Waals surface area contributed by atoms with Gasteiger partial charge < -0.3 is 19.1 Å². The number of hydrogen-bond donors (Lipinski definition) is 1. The van der Waals surface area contributed by atoms with Gasteiger partial charge in [0.05, 0.1) is 7.11 Å². The number of rotatable bonds is 5. The minimum atomic E-state index is -0.249. The second kappa shape index (κ2) is 6.90. The van der Waals surface area contributed by atoms with Crippen molar-refractivity contribution in [3.05, 3.63) is 45.2 Å². The Balaban J connectivity index is 1.64. The van der Waals surface area contributed by atoms with Crippen molar-refractivity contribution in [3.8, 4) is 5.75 Å². The van der Waals surface area contributed by atoms with E-state index in [1.807, 2.05) is 6.92 Å². The molecule has 2 aromatic rings. The number of nitrogens with zero attached hydrogens (tertiary/aromatic N) is 2. The van der Waals surface area contributed by atoms with Crippen molar-refractivity contribution in [3.63, 3.8) is 0 Å². The lowest BCUT2D eigenvalue weighted by atomic mass is 9.96. The highest BCUT2D eigenvalue weighted by atomic mass is 16.5. The highest BCUT2D eigenvalue weighted by Crippen LogP contribution is 2.23. The maximum absolute atomic E-state index is 12.3. The minimum absolute atomic E-state index is 0.153. The summed E-state index contributed by atoms with van der Waals surface area (Å²) < 4.78 is 11.9. The van der Waals surface area contributed by atoms with Gasteiger partial charge in [-0.3, -0.25) is 9.59 Å². The molecule has 0 saturated carbocycles. The predicted molar refractivity (Wildman–Crippen MR) is 87.5 cm³/mol. The van der Waals surface area contributed by atoms with Gasteiger partial charge in [-0.1, -0.05) is 5.16 Å². The Kier molecular flexibility index (Phi) is 4.69. The molecule has 128 valence electrons. The number of hydrogen-bond acceptors (Lipinski definition) is 5. The van der Waals surface area contributed by atoms with Crippen LogP contribution in [0.2, 0.25) is 0 Å². The molecule has 0 spiro atoms.